The van der Waals surface area contributed by atoms with Crippen LogP contribution in [0.2, 0.25) is 10.0 Å². The number of carbonyl (C=O) groups is 1. The molecule has 0 radical (unpaired) electrons. The molecular weight excluding hydrogens is 283 g/mol. The quantitative estimate of drug-likeness (QED) is 0.853. The monoisotopic (exact) mass is 300 g/mol. The first kappa shape index (κ1) is 14.6. The Balaban J connectivity index is 1.92. The number of benzene rings is 1. The number of nitrogens with zero attached hydrogens (tertiary/aromatic N) is 2. The van der Waals surface area contributed by atoms with Crippen molar-refractivity contribution < 1.29 is 4.79 Å². The van der Waals surface area contributed by atoms with E-state index >= 15 is 0 Å². The third kappa shape index (κ3) is 3.85. The standard InChI is InChI=1S/C14H18Cl2N2O/c1-17(8-9-18-6-2-3-7-18)14(19)11-4-5-12(15)13(16)10-11/h4-5,10H,2-3,6-9H2,1H3. The highest BCUT2D eigenvalue weighted by atomic mass is 35.5. The number of likely N-dealkylation sites (tertiary alicyclic amines) is 1. The molecular formula is C14H18Cl2N2O. The first-order chi connectivity index (χ1) is 9.08. The van der Waals surface area contributed by atoms with E-state index in [0.717, 1.165) is 26.2 Å². The van der Waals surface area contributed by atoms with Gasteiger partial charge in [-0.15, -0.1) is 0 Å². The van der Waals surface area contributed by atoms with Gasteiger partial charge in [-0.2, -0.15) is 0 Å². The average molecular weight is 301 g/mol. The van der Waals surface area contributed by atoms with Crippen LogP contribution in [-0.4, -0.2) is 48.9 Å². The minimum atomic E-state index is -0.0160. The minimum Gasteiger partial charge on any atom is -0.340 e. The van der Waals surface area contributed by atoms with Crippen molar-refractivity contribution in [3.63, 3.8) is 0 Å². The Hall–Kier alpha value is -0.770. The molecule has 0 unspecified atom stereocenters. The molecule has 0 aromatic heterocycles. The number of amides is 1. The second-order valence-corrected chi connectivity index (χ2v) is 5.72. The lowest BCUT2D eigenvalue weighted by molar-refractivity contribution is 0.0782. The topological polar surface area (TPSA) is 23.6 Å². The molecule has 0 atom stereocenters. The zero-order valence-corrected chi connectivity index (χ0v) is 12.5. The Kier molecular flexibility index (Phi) is 5.08. The van der Waals surface area contributed by atoms with Crippen LogP contribution < -0.4 is 0 Å². The molecule has 1 saturated heterocycles. The van der Waals surface area contributed by atoms with Crippen LogP contribution in [0.15, 0.2) is 18.2 Å². The van der Waals surface area contributed by atoms with E-state index in [1.807, 2.05) is 7.05 Å². The first-order valence-electron chi connectivity index (χ1n) is 6.51. The fourth-order valence-electron chi connectivity index (χ4n) is 2.25. The van der Waals surface area contributed by atoms with Crippen molar-refractivity contribution in [2.75, 3.05) is 33.2 Å². The fraction of sp³-hybridized carbons (Fsp3) is 0.500. The van der Waals surface area contributed by atoms with Crippen LogP contribution in [0.1, 0.15) is 23.2 Å². The Morgan fingerprint density at radius 2 is 1.95 bits per heavy atom. The molecule has 1 aromatic rings. The number of likely N-dealkylation sites (N-methyl/N-ethyl adjacent to an activating group) is 1. The maximum atomic E-state index is 12.2. The summed E-state index contributed by atoms with van der Waals surface area (Å²) in [5.41, 5.74) is 0.582. The number of rotatable bonds is 4. The zero-order valence-electron chi connectivity index (χ0n) is 11.0. The van der Waals surface area contributed by atoms with Gasteiger partial charge in [0.05, 0.1) is 10.0 Å². The van der Waals surface area contributed by atoms with Crippen molar-refractivity contribution in [1.29, 1.82) is 0 Å². The van der Waals surface area contributed by atoms with Gasteiger partial charge in [-0.3, -0.25) is 4.79 Å². The van der Waals surface area contributed by atoms with Crippen molar-refractivity contribution >= 4 is 29.1 Å². The van der Waals surface area contributed by atoms with E-state index in [0.29, 0.717) is 15.6 Å². The molecule has 5 heteroatoms. The summed E-state index contributed by atoms with van der Waals surface area (Å²) in [6, 6.07) is 4.99. The molecule has 1 fully saturated rings. The lowest BCUT2D eigenvalue weighted by Crippen LogP contribution is -2.35. The van der Waals surface area contributed by atoms with Gasteiger partial charge in [-0.1, -0.05) is 23.2 Å². The second kappa shape index (κ2) is 6.60. The Labute approximate surface area is 124 Å². The molecule has 19 heavy (non-hydrogen) atoms. The van der Waals surface area contributed by atoms with Crippen LogP contribution in [0.25, 0.3) is 0 Å². The van der Waals surface area contributed by atoms with Gasteiger partial charge in [-0.05, 0) is 44.1 Å². The Morgan fingerprint density at radius 1 is 1.26 bits per heavy atom. The molecule has 0 bridgehead atoms. The van der Waals surface area contributed by atoms with Crippen LogP contribution in [0.4, 0.5) is 0 Å². The lowest BCUT2D eigenvalue weighted by atomic mass is 10.2. The summed E-state index contributed by atoms with van der Waals surface area (Å²) >= 11 is 11.8. The molecule has 1 heterocycles. The highest BCUT2D eigenvalue weighted by Crippen LogP contribution is 2.23. The van der Waals surface area contributed by atoms with Crippen molar-refractivity contribution in [2.45, 2.75) is 12.8 Å². The van der Waals surface area contributed by atoms with Crippen molar-refractivity contribution in [2.24, 2.45) is 0 Å². The van der Waals surface area contributed by atoms with Gasteiger partial charge < -0.3 is 9.80 Å². The summed E-state index contributed by atoms with van der Waals surface area (Å²) in [5.74, 6) is -0.0160. The summed E-state index contributed by atoms with van der Waals surface area (Å²) in [6.07, 6.45) is 2.54. The van der Waals surface area contributed by atoms with Gasteiger partial charge in [0.1, 0.15) is 0 Å². The minimum absolute atomic E-state index is 0.0160. The molecule has 0 spiro atoms. The van der Waals surface area contributed by atoms with Gasteiger partial charge in [0.25, 0.3) is 5.91 Å². The van der Waals surface area contributed by atoms with Crippen LogP contribution in [0, 0.1) is 0 Å². The summed E-state index contributed by atoms with van der Waals surface area (Å²) < 4.78 is 0. The second-order valence-electron chi connectivity index (χ2n) is 4.90. The van der Waals surface area contributed by atoms with Crippen molar-refractivity contribution in [3.05, 3.63) is 33.8 Å². The summed E-state index contributed by atoms with van der Waals surface area (Å²) in [7, 11) is 1.82. The molecule has 0 N–H and O–H groups in total. The van der Waals surface area contributed by atoms with E-state index in [4.69, 9.17) is 23.2 Å². The molecule has 0 saturated carbocycles. The molecule has 1 aliphatic rings. The van der Waals surface area contributed by atoms with E-state index < -0.39 is 0 Å². The summed E-state index contributed by atoms with van der Waals surface area (Å²) in [5, 5.41) is 0.887. The molecule has 1 aliphatic heterocycles. The van der Waals surface area contributed by atoms with Gasteiger partial charge in [0, 0.05) is 25.7 Å². The van der Waals surface area contributed by atoms with E-state index in [2.05, 4.69) is 4.90 Å². The van der Waals surface area contributed by atoms with E-state index in [9.17, 15) is 4.79 Å². The SMILES string of the molecule is CN(CCN1CCCC1)C(=O)c1ccc(Cl)c(Cl)c1. The summed E-state index contributed by atoms with van der Waals surface area (Å²) in [4.78, 5) is 16.3. The normalized spacial score (nSPS) is 15.7. The molecule has 3 nitrogen and oxygen atoms in total. The van der Waals surface area contributed by atoms with E-state index in [1.165, 1.54) is 12.8 Å². The number of hydrogen-bond acceptors (Lipinski definition) is 2. The molecule has 1 amide bonds. The third-order valence-electron chi connectivity index (χ3n) is 3.46. The predicted molar refractivity (Wildman–Crippen MR) is 79.1 cm³/mol. The Bertz CT molecular complexity index is 459. The molecule has 104 valence electrons. The average Bonchev–Trinajstić information content (AvgIpc) is 2.91. The van der Waals surface area contributed by atoms with Crippen LogP contribution in [0.5, 0.6) is 0 Å². The summed E-state index contributed by atoms with van der Waals surface area (Å²) in [6.45, 7) is 3.96. The lowest BCUT2D eigenvalue weighted by Gasteiger charge is -2.21. The number of hydrogen-bond donors (Lipinski definition) is 0. The van der Waals surface area contributed by atoms with Crippen LogP contribution in [-0.2, 0) is 0 Å². The van der Waals surface area contributed by atoms with Gasteiger partial charge in [0.15, 0.2) is 0 Å². The number of carbonyl (C=O) groups excluding carboxylic acids is 1. The van der Waals surface area contributed by atoms with Crippen LogP contribution >= 0.6 is 23.2 Å². The predicted octanol–water partition coefficient (Wildman–Crippen LogP) is 3.16. The molecule has 0 aliphatic carbocycles. The highest BCUT2D eigenvalue weighted by Gasteiger charge is 2.16. The largest absolute Gasteiger partial charge is 0.340 e. The van der Waals surface area contributed by atoms with Gasteiger partial charge >= 0.3 is 0 Å². The van der Waals surface area contributed by atoms with E-state index in [-0.39, 0.29) is 5.91 Å². The Morgan fingerprint density at radius 3 is 2.58 bits per heavy atom. The maximum absolute atomic E-state index is 12.2. The smallest absolute Gasteiger partial charge is 0.253 e. The first-order valence-corrected chi connectivity index (χ1v) is 7.26. The molecule has 2 rings (SSSR count). The van der Waals surface area contributed by atoms with Gasteiger partial charge in [0.2, 0.25) is 0 Å². The fourth-order valence-corrected chi connectivity index (χ4v) is 2.55. The van der Waals surface area contributed by atoms with Crippen molar-refractivity contribution in [3.8, 4) is 0 Å². The number of halogens is 2. The van der Waals surface area contributed by atoms with Crippen LogP contribution in [0.3, 0.4) is 0 Å². The maximum Gasteiger partial charge on any atom is 0.253 e. The van der Waals surface area contributed by atoms with Gasteiger partial charge in [-0.25, -0.2) is 0 Å². The molecule has 1 aromatic carbocycles. The zero-order chi connectivity index (χ0) is 13.8. The third-order valence-corrected chi connectivity index (χ3v) is 4.20. The van der Waals surface area contributed by atoms with E-state index in [1.54, 1.807) is 23.1 Å². The van der Waals surface area contributed by atoms with Crippen molar-refractivity contribution in [1.82, 2.24) is 9.80 Å². The highest BCUT2D eigenvalue weighted by molar-refractivity contribution is 6.42.